The van der Waals surface area contributed by atoms with Gasteiger partial charge in [-0.3, -0.25) is 9.59 Å². The first-order chi connectivity index (χ1) is 10.0. The smallest absolute Gasteiger partial charge is 0.232 e. The SMILES string of the molecule is CC(=O)Nc1ccc(SCC(=O)N2CCCC(C)C2)cc1. The standard InChI is InChI=1S/C16H22N2O2S/c1-12-4-3-9-18(10-12)16(20)11-21-15-7-5-14(6-8-15)17-13(2)19/h5-8,12H,3-4,9-11H2,1-2H3,(H,17,19). The Kier molecular flexibility index (Phi) is 5.67. The van der Waals surface area contributed by atoms with Crippen LogP contribution in [0.3, 0.4) is 0 Å². The highest BCUT2D eigenvalue weighted by Gasteiger charge is 2.20. The molecule has 1 saturated heterocycles. The molecular weight excluding hydrogens is 284 g/mol. The minimum absolute atomic E-state index is 0.0789. The molecule has 0 aromatic heterocycles. The minimum Gasteiger partial charge on any atom is -0.342 e. The Morgan fingerprint density at radius 3 is 2.67 bits per heavy atom. The number of rotatable bonds is 4. The molecule has 1 heterocycles. The van der Waals surface area contributed by atoms with E-state index in [1.807, 2.05) is 29.2 Å². The Labute approximate surface area is 130 Å². The molecule has 21 heavy (non-hydrogen) atoms. The van der Waals surface area contributed by atoms with Gasteiger partial charge in [0.15, 0.2) is 0 Å². The number of hydrogen-bond acceptors (Lipinski definition) is 3. The monoisotopic (exact) mass is 306 g/mol. The van der Waals surface area contributed by atoms with Gasteiger partial charge in [0.1, 0.15) is 0 Å². The molecule has 1 N–H and O–H groups in total. The van der Waals surface area contributed by atoms with Gasteiger partial charge in [0.2, 0.25) is 11.8 Å². The highest BCUT2D eigenvalue weighted by atomic mass is 32.2. The van der Waals surface area contributed by atoms with E-state index in [4.69, 9.17) is 0 Å². The molecule has 1 aliphatic rings. The van der Waals surface area contributed by atoms with E-state index in [-0.39, 0.29) is 11.8 Å². The molecule has 2 rings (SSSR count). The van der Waals surface area contributed by atoms with Crippen molar-refractivity contribution in [2.24, 2.45) is 5.92 Å². The van der Waals surface area contributed by atoms with E-state index in [0.717, 1.165) is 30.1 Å². The van der Waals surface area contributed by atoms with Crippen LogP contribution in [0, 0.1) is 5.92 Å². The summed E-state index contributed by atoms with van der Waals surface area (Å²) in [6.07, 6.45) is 2.34. The summed E-state index contributed by atoms with van der Waals surface area (Å²) >= 11 is 1.55. The quantitative estimate of drug-likeness (QED) is 0.870. The highest BCUT2D eigenvalue weighted by Crippen LogP contribution is 2.22. The minimum atomic E-state index is -0.0789. The van der Waals surface area contributed by atoms with Crippen LogP contribution in [0.25, 0.3) is 0 Å². The molecule has 0 aliphatic carbocycles. The largest absolute Gasteiger partial charge is 0.342 e. The molecule has 4 nitrogen and oxygen atoms in total. The summed E-state index contributed by atoms with van der Waals surface area (Å²) in [6.45, 7) is 5.47. The molecule has 5 heteroatoms. The number of carbonyl (C=O) groups is 2. The van der Waals surface area contributed by atoms with Gasteiger partial charge in [0.05, 0.1) is 5.75 Å². The van der Waals surface area contributed by atoms with Crippen molar-refractivity contribution in [1.82, 2.24) is 4.90 Å². The van der Waals surface area contributed by atoms with E-state index in [0.29, 0.717) is 11.7 Å². The number of nitrogens with one attached hydrogen (secondary N) is 1. The Balaban J connectivity index is 1.82. The van der Waals surface area contributed by atoms with E-state index >= 15 is 0 Å². The Bertz CT molecular complexity index is 502. The van der Waals surface area contributed by atoms with Gasteiger partial charge >= 0.3 is 0 Å². The fourth-order valence-electron chi connectivity index (χ4n) is 2.49. The second-order valence-electron chi connectivity index (χ2n) is 5.58. The van der Waals surface area contributed by atoms with Gasteiger partial charge in [-0.1, -0.05) is 6.92 Å². The maximum Gasteiger partial charge on any atom is 0.232 e. The molecule has 0 saturated carbocycles. The number of anilines is 1. The van der Waals surface area contributed by atoms with E-state index in [1.165, 1.54) is 13.3 Å². The van der Waals surface area contributed by atoms with Gasteiger partial charge < -0.3 is 10.2 Å². The van der Waals surface area contributed by atoms with Gasteiger partial charge in [-0.05, 0) is 43.0 Å². The maximum absolute atomic E-state index is 12.2. The van der Waals surface area contributed by atoms with Crippen molar-refractivity contribution >= 4 is 29.3 Å². The summed E-state index contributed by atoms with van der Waals surface area (Å²) in [5, 5.41) is 2.73. The lowest BCUT2D eigenvalue weighted by Gasteiger charge is -2.30. The molecule has 2 amide bonds. The fourth-order valence-corrected chi connectivity index (χ4v) is 3.29. The average Bonchev–Trinajstić information content (AvgIpc) is 2.45. The topological polar surface area (TPSA) is 49.4 Å². The summed E-state index contributed by atoms with van der Waals surface area (Å²) in [7, 11) is 0. The van der Waals surface area contributed by atoms with Gasteiger partial charge in [-0.25, -0.2) is 0 Å². The first-order valence-electron chi connectivity index (χ1n) is 7.33. The van der Waals surface area contributed by atoms with Crippen molar-refractivity contribution in [1.29, 1.82) is 0 Å². The molecular formula is C16H22N2O2S. The molecule has 1 aliphatic heterocycles. The second kappa shape index (κ2) is 7.50. The number of hydrogen-bond donors (Lipinski definition) is 1. The van der Waals surface area contributed by atoms with Crippen LogP contribution in [0.15, 0.2) is 29.2 Å². The van der Waals surface area contributed by atoms with Crippen molar-refractivity contribution in [3.63, 3.8) is 0 Å². The van der Waals surface area contributed by atoms with Crippen molar-refractivity contribution in [2.45, 2.75) is 31.6 Å². The van der Waals surface area contributed by atoms with Crippen molar-refractivity contribution in [3.05, 3.63) is 24.3 Å². The van der Waals surface area contributed by atoms with Gasteiger partial charge in [-0.15, -0.1) is 11.8 Å². The molecule has 0 bridgehead atoms. The number of amides is 2. The lowest BCUT2D eigenvalue weighted by atomic mass is 10.0. The summed E-state index contributed by atoms with van der Waals surface area (Å²) < 4.78 is 0. The predicted octanol–water partition coefficient (Wildman–Crippen LogP) is 3.00. The van der Waals surface area contributed by atoms with E-state index in [1.54, 1.807) is 11.8 Å². The number of carbonyl (C=O) groups excluding carboxylic acids is 2. The number of thioether (sulfide) groups is 1. The Morgan fingerprint density at radius 1 is 1.33 bits per heavy atom. The molecule has 1 atom stereocenters. The van der Waals surface area contributed by atoms with Crippen LogP contribution in [0.5, 0.6) is 0 Å². The first kappa shape index (κ1) is 15.9. The van der Waals surface area contributed by atoms with Crippen LogP contribution in [0.2, 0.25) is 0 Å². The lowest BCUT2D eigenvalue weighted by Crippen LogP contribution is -2.40. The third-order valence-electron chi connectivity index (χ3n) is 3.55. The zero-order valence-corrected chi connectivity index (χ0v) is 13.4. The summed E-state index contributed by atoms with van der Waals surface area (Å²) in [4.78, 5) is 26.1. The molecule has 1 aromatic carbocycles. The Morgan fingerprint density at radius 2 is 2.05 bits per heavy atom. The summed E-state index contributed by atoms with van der Waals surface area (Å²) in [5.41, 5.74) is 0.781. The van der Waals surface area contributed by atoms with Crippen LogP contribution < -0.4 is 5.32 Å². The number of likely N-dealkylation sites (tertiary alicyclic amines) is 1. The molecule has 1 fully saturated rings. The zero-order chi connectivity index (χ0) is 15.2. The summed E-state index contributed by atoms with van der Waals surface area (Å²) in [5.74, 6) is 1.23. The van der Waals surface area contributed by atoms with Crippen LogP contribution >= 0.6 is 11.8 Å². The molecule has 0 spiro atoms. The lowest BCUT2D eigenvalue weighted by molar-refractivity contribution is -0.130. The fraction of sp³-hybridized carbons (Fsp3) is 0.500. The van der Waals surface area contributed by atoms with Crippen LogP contribution in [0.1, 0.15) is 26.7 Å². The zero-order valence-electron chi connectivity index (χ0n) is 12.6. The van der Waals surface area contributed by atoms with E-state index in [2.05, 4.69) is 12.2 Å². The predicted molar refractivity (Wildman–Crippen MR) is 86.4 cm³/mol. The van der Waals surface area contributed by atoms with Gasteiger partial charge in [-0.2, -0.15) is 0 Å². The van der Waals surface area contributed by atoms with Crippen LogP contribution in [0.4, 0.5) is 5.69 Å². The van der Waals surface area contributed by atoms with E-state index < -0.39 is 0 Å². The Hall–Kier alpha value is -1.49. The maximum atomic E-state index is 12.2. The average molecular weight is 306 g/mol. The first-order valence-corrected chi connectivity index (χ1v) is 8.31. The molecule has 1 aromatic rings. The van der Waals surface area contributed by atoms with Crippen molar-refractivity contribution in [3.8, 4) is 0 Å². The third kappa shape index (κ3) is 5.08. The summed E-state index contributed by atoms with van der Waals surface area (Å²) in [6, 6.07) is 7.58. The van der Waals surface area contributed by atoms with Gasteiger partial charge in [0.25, 0.3) is 0 Å². The van der Waals surface area contributed by atoms with Gasteiger partial charge in [0, 0.05) is 30.6 Å². The molecule has 114 valence electrons. The third-order valence-corrected chi connectivity index (χ3v) is 4.54. The number of piperidine rings is 1. The van der Waals surface area contributed by atoms with Crippen LogP contribution in [-0.2, 0) is 9.59 Å². The number of nitrogens with zero attached hydrogens (tertiary/aromatic N) is 1. The van der Waals surface area contributed by atoms with Crippen LogP contribution in [-0.4, -0.2) is 35.6 Å². The second-order valence-corrected chi connectivity index (χ2v) is 6.63. The highest BCUT2D eigenvalue weighted by molar-refractivity contribution is 8.00. The molecule has 0 radical (unpaired) electrons. The van der Waals surface area contributed by atoms with E-state index in [9.17, 15) is 9.59 Å². The molecule has 1 unspecified atom stereocenters. The number of benzene rings is 1. The van der Waals surface area contributed by atoms with Crippen molar-refractivity contribution in [2.75, 3.05) is 24.2 Å². The normalized spacial score (nSPS) is 18.4. The van der Waals surface area contributed by atoms with Crippen molar-refractivity contribution < 1.29 is 9.59 Å².